The Morgan fingerprint density at radius 2 is 1.85 bits per heavy atom. The summed E-state index contributed by atoms with van der Waals surface area (Å²) in [5, 5.41) is 2.93. The zero-order chi connectivity index (χ0) is 25.1. The number of anilines is 2. The van der Waals surface area contributed by atoms with Gasteiger partial charge < -0.3 is 14.8 Å². The minimum atomic E-state index is -3.84. The molecule has 0 aromatic heterocycles. The molecule has 34 heavy (non-hydrogen) atoms. The monoisotopic (exact) mass is 531 g/mol. The molecule has 3 rings (SSSR count). The van der Waals surface area contributed by atoms with Gasteiger partial charge in [0.1, 0.15) is 12.3 Å². The summed E-state index contributed by atoms with van der Waals surface area (Å²) in [5.41, 5.74) is 0.859. The van der Waals surface area contributed by atoms with Crippen LogP contribution in [0.3, 0.4) is 0 Å². The number of hydrogen-bond acceptors (Lipinski definition) is 7. The lowest BCUT2D eigenvalue weighted by Gasteiger charge is -2.26. The van der Waals surface area contributed by atoms with Crippen molar-refractivity contribution < 1.29 is 31.1 Å². The Kier molecular flexibility index (Phi) is 8.09. The minimum absolute atomic E-state index is 0.0313. The molecular weight excluding hydrogens is 506 g/mol. The molecule has 2 aromatic rings. The molecule has 1 saturated heterocycles. The molecule has 186 valence electrons. The van der Waals surface area contributed by atoms with Crippen LogP contribution in [0.5, 0.6) is 5.75 Å². The van der Waals surface area contributed by atoms with E-state index in [2.05, 4.69) is 5.32 Å². The van der Waals surface area contributed by atoms with Gasteiger partial charge in [0.25, 0.3) is 0 Å². The van der Waals surface area contributed by atoms with Crippen LogP contribution in [0, 0.1) is 6.92 Å². The van der Waals surface area contributed by atoms with Crippen molar-refractivity contribution in [2.75, 3.05) is 55.8 Å². The second kappa shape index (κ2) is 10.5. The summed E-state index contributed by atoms with van der Waals surface area (Å²) in [6.07, 6.45) is 0.983. The van der Waals surface area contributed by atoms with Crippen molar-refractivity contribution in [1.82, 2.24) is 4.31 Å². The maximum absolute atomic E-state index is 13.0. The summed E-state index contributed by atoms with van der Waals surface area (Å²) in [4.78, 5) is 12.9. The summed E-state index contributed by atoms with van der Waals surface area (Å²) in [7, 11) is -6.28. The third-order valence-corrected chi connectivity index (χ3v) is 8.68. The number of benzene rings is 2. The fourth-order valence-corrected chi connectivity index (χ4v) is 5.96. The molecule has 0 atom stereocenters. The Morgan fingerprint density at radius 3 is 2.47 bits per heavy atom. The van der Waals surface area contributed by atoms with Gasteiger partial charge in [-0.25, -0.2) is 16.8 Å². The van der Waals surface area contributed by atoms with E-state index in [1.54, 1.807) is 25.1 Å². The molecule has 13 heteroatoms. The molecule has 1 aliphatic rings. The highest BCUT2D eigenvalue weighted by Gasteiger charge is 2.28. The Labute approximate surface area is 204 Å². The lowest BCUT2D eigenvalue weighted by atomic mass is 10.2. The fourth-order valence-electron chi connectivity index (χ4n) is 3.45. The van der Waals surface area contributed by atoms with Gasteiger partial charge in [-0.05, 0) is 42.8 Å². The number of amides is 1. The van der Waals surface area contributed by atoms with Gasteiger partial charge in [-0.15, -0.1) is 0 Å². The molecule has 1 fully saturated rings. The number of morpholine rings is 1. The van der Waals surface area contributed by atoms with E-state index < -0.39 is 32.5 Å². The van der Waals surface area contributed by atoms with Crippen LogP contribution in [0.25, 0.3) is 0 Å². The number of rotatable bonds is 8. The summed E-state index contributed by atoms with van der Waals surface area (Å²) in [6, 6.07) is 8.86. The van der Waals surface area contributed by atoms with E-state index >= 15 is 0 Å². The summed E-state index contributed by atoms with van der Waals surface area (Å²) in [6.45, 7) is 2.13. The highest BCUT2D eigenvalue weighted by atomic mass is 35.5. The van der Waals surface area contributed by atoms with Crippen LogP contribution in [0.4, 0.5) is 11.4 Å². The summed E-state index contributed by atoms with van der Waals surface area (Å²) >= 11 is 6.13. The Hall–Kier alpha value is -2.38. The number of hydrogen-bond donors (Lipinski definition) is 1. The van der Waals surface area contributed by atoms with Crippen molar-refractivity contribution in [3.8, 4) is 5.75 Å². The van der Waals surface area contributed by atoms with Crippen molar-refractivity contribution in [1.29, 1.82) is 0 Å². The van der Waals surface area contributed by atoms with Crippen molar-refractivity contribution in [2.45, 2.75) is 11.8 Å². The average Bonchev–Trinajstić information content (AvgIpc) is 2.79. The van der Waals surface area contributed by atoms with Gasteiger partial charge in [-0.2, -0.15) is 4.31 Å². The quantitative estimate of drug-likeness (QED) is 0.553. The van der Waals surface area contributed by atoms with Crippen LogP contribution in [-0.4, -0.2) is 73.3 Å². The molecule has 1 N–H and O–H groups in total. The molecule has 1 heterocycles. The van der Waals surface area contributed by atoms with E-state index in [0.717, 1.165) is 10.6 Å². The molecule has 2 aromatic carbocycles. The molecule has 1 aliphatic heterocycles. The van der Waals surface area contributed by atoms with Gasteiger partial charge in [0.05, 0.1) is 42.8 Å². The van der Waals surface area contributed by atoms with Crippen molar-refractivity contribution in [2.24, 2.45) is 0 Å². The van der Waals surface area contributed by atoms with Gasteiger partial charge in [0, 0.05) is 18.1 Å². The smallest absolute Gasteiger partial charge is 0.245 e. The third kappa shape index (κ3) is 5.81. The van der Waals surface area contributed by atoms with Gasteiger partial charge in [0.2, 0.25) is 26.0 Å². The van der Waals surface area contributed by atoms with Crippen molar-refractivity contribution in [3.05, 3.63) is 47.0 Å². The largest absolute Gasteiger partial charge is 0.495 e. The molecule has 0 spiro atoms. The zero-order valence-electron chi connectivity index (χ0n) is 18.9. The van der Waals surface area contributed by atoms with E-state index in [9.17, 15) is 21.6 Å². The van der Waals surface area contributed by atoms with E-state index in [4.69, 9.17) is 21.1 Å². The molecule has 0 radical (unpaired) electrons. The summed E-state index contributed by atoms with van der Waals surface area (Å²) < 4.78 is 63.6. The minimum Gasteiger partial charge on any atom is -0.495 e. The van der Waals surface area contributed by atoms with E-state index in [0.29, 0.717) is 23.8 Å². The van der Waals surface area contributed by atoms with Gasteiger partial charge in [0.15, 0.2) is 0 Å². The van der Waals surface area contributed by atoms with Crippen LogP contribution in [0.15, 0.2) is 41.3 Å². The number of sulfonamides is 2. The molecule has 0 bridgehead atoms. The van der Waals surface area contributed by atoms with Gasteiger partial charge in [-0.1, -0.05) is 17.7 Å². The number of carbonyl (C=O) groups excluding carboxylic acids is 1. The fraction of sp³-hybridized carbons (Fsp3) is 0.381. The number of halogens is 1. The Bertz CT molecular complexity index is 1280. The van der Waals surface area contributed by atoms with Crippen LogP contribution in [0.1, 0.15) is 5.56 Å². The number of ether oxygens (including phenoxy) is 2. The maximum atomic E-state index is 13.0. The van der Waals surface area contributed by atoms with E-state index in [-0.39, 0.29) is 35.1 Å². The van der Waals surface area contributed by atoms with Crippen LogP contribution >= 0.6 is 11.6 Å². The SMILES string of the molecule is COc1ccc(S(=O)(=O)N2CCOCC2)cc1NC(=O)CN(c1cccc(Cl)c1C)S(C)(=O)=O. The average molecular weight is 532 g/mol. The molecular formula is C21H26ClN3O7S2. The maximum Gasteiger partial charge on any atom is 0.245 e. The van der Waals surface area contributed by atoms with Crippen molar-refractivity contribution in [3.63, 3.8) is 0 Å². The highest BCUT2D eigenvalue weighted by Crippen LogP contribution is 2.31. The number of carbonyl (C=O) groups is 1. The number of nitrogens with zero attached hydrogens (tertiary/aromatic N) is 2. The van der Waals surface area contributed by atoms with Crippen LogP contribution in [0.2, 0.25) is 5.02 Å². The first-order valence-electron chi connectivity index (χ1n) is 10.2. The highest BCUT2D eigenvalue weighted by molar-refractivity contribution is 7.92. The first kappa shape index (κ1) is 26.2. The van der Waals surface area contributed by atoms with E-state index in [1.165, 1.54) is 29.6 Å². The van der Waals surface area contributed by atoms with Crippen LogP contribution < -0.4 is 14.4 Å². The number of methoxy groups -OCH3 is 1. The predicted octanol–water partition coefficient (Wildman–Crippen LogP) is 2.08. The first-order valence-corrected chi connectivity index (χ1v) is 13.9. The predicted molar refractivity (Wildman–Crippen MR) is 130 cm³/mol. The first-order chi connectivity index (χ1) is 15.9. The van der Waals surface area contributed by atoms with Gasteiger partial charge >= 0.3 is 0 Å². The summed E-state index contributed by atoms with van der Waals surface area (Å²) in [5.74, 6) is -0.469. The topological polar surface area (TPSA) is 122 Å². The standard InChI is InChI=1S/C21H26ClN3O7S2/c1-15-17(22)5-4-6-19(15)25(33(3,27)28)14-21(26)23-18-13-16(7-8-20(18)31-2)34(29,30)24-9-11-32-12-10-24/h4-8,13H,9-12,14H2,1-3H3,(H,23,26). The van der Waals surface area contributed by atoms with Crippen LogP contribution in [-0.2, 0) is 29.6 Å². The molecule has 1 amide bonds. The Balaban J connectivity index is 1.89. The lowest BCUT2D eigenvalue weighted by Crippen LogP contribution is -2.40. The normalized spacial score (nSPS) is 15.1. The second-order valence-corrected chi connectivity index (χ2v) is 11.8. The third-order valence-electron chi connectivity index (χ3n) is 5.25. The second-order valence-electron chi connectivity index (χ2n) is 7.58. The van der Waals surface area contributed by atoms with E-state index in [1.807, 2.05) is 0 Å². The molecule has 0 saturated carbocycles. The lowest BCUT2D eigenvalue weighted by molar-refractivity contribution is -0.114. The molecule has 10 nitrogen and oxygen atoms in total. The molecule has 0 unspecified atom stereocenters. The zero-order valence-corrected chi connectivity index (χ0v) is 21.3. The molecule has 0 aliphatic carbocycles. The van der Waals surface area contributed by atoms with Crippen molar-refractivity contribution >= 4 is 48.9 Å². The Morgan fingerprint density at radius 1 is 1.18 bits per heavy atom. The number of nitrogens with one attached hydrogen (secondary N) is 1. The van der Waals surface area contributed by atoms with Gasteiger partial charge in [-0.3, -0.25) is 9.10 Å².